The number of hydrogen-bond acceptors (Lipinski definition) is 6. The zero-order chi connectivity index (χ0) is 16.7. The van der Waals surface area contributed by atoms with Gasteiger partial charge in [-0.05, 0) is 23.8 Å². The number of aromatic nitrogens is 1. The Labute approximate surface area is 136 Å². The third-order valence-corrected chi connectivity index (χ3v) is 3.99. The highest BCUT2D eigenvalue weighted by molar-refractivity contribution is 5.85. The second kappa shape index (κ2) is 5.25. The van der Waals surface area contributed by atoms with E-state index < -0.39 is 11.5 Å². The first-order valence-corrected chi connectivity index (χ1v) is 7.24. The lowest BCUT2D eigenvalue weighted by Gasteiger charge is -2.25. The highest BCUT2D eigenvalue weighted by atomic mass is 16.5. The zero-order valence-electron chi connectivity index (χ0n) is 12.4. The Hall–Kier alpha value is -3.59. The van der Waals surface area contributed by atoms with Crippen LogP contribution in [-0.4, -0.2) is 4.98 Å². The van der Waals surface area contributed by atoms with Gasteiger partial charge in [0.15, 0.2) is 5.75 Å². The van der Waals surface area contributed by atoms with E-state index >= 15 is 0 Å². The first kappa shape index (κ1) is 14.0. The molecule has 0 saturated heterocycles. The summed E-state index contributed by atoms with van der Waals surface area (Å²) in [5.74, 6) is -0.366. The Morgan fingerprint density at radius 1 is 1.21 bits per heavy atom. The average Bonchev–Trinajstić information content (AvgIpc) is 2.61. The van der Waals surface area contributed by atoms with Crippen LogP contribution in [0.2, 0.25) is 0 Å². The van der Waals surface area contributed by atoms with Crippen LogP contribution >= 0.6 is 0 Å². The summed E-state index contributed by atoms with van der Waals surface area (Å²) in [6.07, 6.45) is 3.21. The van der Waals surface area contributed by atoms with E-state index in [9.17, 15) is 10.1 Å². The Kier molecular flexibility index (Phi) is 3.07. The molecular formula is C18H11N3O3. The molecule has 1 aliphatic rings. The van der Waals surface area contributed by atoms with Crippen molar-refractivity contribution in [2.45, 2.75) is 5.92 Å². The van der Waals surface area contributed by atoms with Crippen LogP contribution in [0.4, 0.5) is 0 Å². The minimum atomic E-state index is -0.673. The van der Waals surface area contributed by atoms with Gasteiger partial charge in [-0.15, -0.1) is 0 Å². The molecule has 1 aliphatic heterocycles. The van der Waals surface area contributed by atoms with Crippen LogP contribution in [0.1, 0.15) is 17.0 Å². The highest BCUT2D eigenvalue weighted by Gasteiger charge is 2.35. The summed E-state index contributed by atoms with van der Waals surface area (Å²) in [6.45, 7) is 0. The lowest BCUT2D eigenvalue weighted by Crippen LogP contribution is -2.26. The molecule has 2 N–H and O–H groups in total. The third-order valence-electron chi connectivity index (χ3n) is 3.99. The van der Waals surface area contributed by atoms with Gasteiger partial charge in [0.25, 0.3) is 0 Å². The van der Waals surface area contributed by atoms with Crippen molar-refractivity contribution in [3.05, 3.63) is 81.8 Å². The van der Waals surface area contributed by atoms with Gasteiger partial charge in [-0.1, -0.05) is 18.2 Å². The summed E-state index contributed by atoms with van der Waals surface area (Å²) < 4.78 is 11.0. The van der Waals surface area contributed by atoms with Gasteiger partial charge in [-0.2, -0.15) is 5.26 Å². The number of benzene rings is 1. The summed E-state index contributed by atoms with van der Waals surface area (Å²) in [7, 11) is 0. The number of para-hydroxylation sites is 1. The van der Waals surface area contributed by atoms with Crippen LogP contribution in [0.15, 0.2) is 69.5 Å². The lowest BCUT2D eigenvalue weighted by molar-refractivity contribution is 0.388. The summed E-state index contributed by atoms with van der Waals surface area (Å²) in [5.41, 5.74) is 6.89. The normalized spacial score (nSPS) is 16.4. The fraction of sp³-hybridized carbons (Fsp3) is 0.0556. The Morgan fingerprint density at radius 3 is 2.79 bits per heavy atom. The van der Waals surface area contributed by atoms with Crippen LogP contribution in [-0.2, 0) is 0 Å². The van der Waals surface area contributed by atoms with Gasteiger partial charge in [-0.25, -0.2) is 4.79 Å². The van der Waals surface area contributed by atoms with Crippen molar-refractivity contribution in [3.63, 3.8) is 0 Å². The van der Waals surface area contributed by atoms with Crippen LogP contribution in [0.25, 0.3) is 11.0 Å². The van der Waals surface area contributed by atoms with Gasteiger partial charge in [0.05, 0.1) is 16.9 Å². The summed E-state index contributed by atoms with van der Waals surface area (Å²) in [6, 6.07) is 12.6. The molecule has 0 unspecified atom stereocenters. The Bertz CT molecular complexity index is 1080. The molecule has 24 heavy (non-hydrogen) atoms. The van der Waals surface area contributed by atoms with Gasteiger partial charge in [0.1, 0.15) is 17.2 Å². The molecule has 1 aromatic carbocycles. The van der Waals surface area contributed by atoms with Crippen LogP contribution in [0, 0.1) is 11.3 Å². The zero-order valence-corrected chi connectivity index (χ0v) is 12.4. The number of rotatable bonds is 1. The predicted octanol–water partition coefficient (Wildman–Crippen LogP) is 2.41. The monoisotopic (exact) mass is 317 g/mol. The van der Waals surface area contributed by atoms with E-state index in [0.717, 1.165) is 0 Å². The van der Waals surface area contributed by atoms with Gasteiger partial charge in [0.2, 0.25) is 5.88 Å². The molecule has 1 atom stereocenters. The van der Waals surface area contributed by atoms with E-state index in [0.29, 0.717) is 22.3 Å². The molecule has 6 nitrogen and oxygen atoms in total. The Balaban J connectivity index is 2.10. The summed E-state index contributed by atoms with van der Waals surface area (Å²) in [4.78, 5) is 16.7. The fourth-order valence-corrected chi connectivity index (χ4v) is 2.95. The summed E-state index contributed by atoms with van der Waals surface area (Å²) >= 11 is 0. The second-order valence-electron chi connectivity index (χ2n) is 5.34. The number of ether oxygens (including phenoxy) is 1. The average molecular weight is 317 g/mol. The topological polar surface area (TPSA) is 102 Å². The molecular weight excluding hydrogens is 306 g/mol. The molecule has 116 valence electrons. The molecule has 0 amide bonds. The number of pyridine rings is 1. The molecule has 0 fully saturated rings. The standard InChI is InChI=1S/C18H11N3O3/c19-8-12-14(10-4-3-7-21-9-10)15-16(24-17(12)20)11-5-1-2-6-13(11)23-18(15)22/h1-7,9,14H,20H2/t14-/m1/s1. The van der Waals surface area contributed by atoms with Gasteiger partial charge in [0, 0.05) is 12.4 Å². The van der Waals surface area contributed by atoms with Crippen LogP contribution in [0.3, 0.4) is 0 Å². The minimum absolute atomic E-state index is 0.0189. The van der Waals surface area contributed by atoms with E-state index in [-0.39, 0.29) is 17.0 Å². The van der Waals surface area contributed by atoms with Crippen molar-refractivity contribution in [2.24, 2.45) is 5.73 Å². The highest BCUT2D eigenvalue weighted by Crippen LogP contribution is 2.43. The maximum absolute atomic E-state index is 12.6. The molecule has 0 saturated carbocycles. The van der Waals surface area contributed by atoms with Crippen molar-refractivity contribution in [1.82, 2.24) is 4.98 Å². The fourth-order valence-electron chi connectivity index (χ4n) is 2.95. The molecule has 0 bridgehead atoms. The molecule has 0 radical (unpaired) electrons. The SMILES string of the molecule is N#CC1=C(N)Oc2c(c(=O)oc3ccccc23)[C@@H]1c1cccnc1. The number of allylic oxidation sites excluding steroid dienone is 1. The Morgan fingerprint density at radius 2 is 2.04 bits per heavy atom. The van der Waals surface area contributed by atoms with E-state index in [4.69, 9.17) is 14.9 Å². The second-order valence-corrected chi connectivity index (χ2v) is 5.34. The smallest absolute Gasteiger partial charge is 0.344 e. The lowest BCUT2D eigenvalue weighted by atomic mass is 9.84. The molecule has 4 rings (SSSR count). The van der Waals surface area contributed by atoms with E-state index in [1.54, 1.807) is 42.7 Å². The van der Waals surface area contributed by atoms with Gasteiger partial charge >= 0.3 is 5.63 Å². The molecule has 0 aliphatic carbocycles. The quantitative estimate of drug-likeness (QED) is 0.691. The van der Waals surface area contributed by atoms with E-state index in [1.807, 2.05) is 12.1 Å². The summed E-state index contributed by atoms with van der Waals surface area (Å²) in [5, 5.41) is 10.1. The number of fused-ring (bicyclic) bond motifs is 3. The molecule has 0 spiro atoms. The van der Waals surface area contributed by atoms with E-state index in [2.05, 4.69) is 4.98 Å². The molecule has 2 aromatic heterocycles. The molecule has 3 heterocycles. The van der Waals surface area contributed by atoms with Crippen molar-refractivity contribution >= 4 is 11.0 Å². The first-order chi connectivity index (χ1) is 11.7. The number of hydrogen-bond donors (Lipinski definition) is 1. The number of nitrogens with two attached hydrogens (primary N) is 1. The molecule has 6 heteroatoms. The van der Waals surface area contributed by atoms with Crippen LogP contribution in [0.5, 0.6) is 5.75 Å². The molecule has 3 aromatic rings. The van der Waals surface area contributed by atoms with Crippen molar-refractivity contribution in [1.29, 1.82) is 5.26 Å². The van der Waals surface area contributed by atoms with E-state index in [1.165, 1.54) is 0 Å². The largest absolute Gasteiger partial charge is 0.439 e. The number of nitrogens with zero attached hydrogens (tertiary/aromatic N) is 2. The van der Waals surface area contributed by atoms with Crippen molar-refractivity contribution in [2.75, 3.05) is 0 Å². The van der Waals surface area contributed by atoms with Crippen molar-refractivity contribution < 1.29 is 9.15 Å². The minimum Gasteiger partial charge on any atom is -0.439 e. The third kappa shape index (κ3) is 1.96. The van der Waals surface area contributed by atoms with Crippen LogP contribution < -0.4 is 16.1 Å². The predicted molar refractivity (Wildman–Crippen MR) is 86.0 cm³/mol. The maximum Gasteiger partial charge on any atom is 0.344 e. The van der Waals surface area contributed by atoms with Gasteiger partial charge in [-0.3, -0.25) is 4.98 Å². The first-order valence-electron chi connectivity index (χ1n) is 7.24. The maximum atomic E-state index is 12.6. The van der Waals surface area contributed by atoms with Crippen molar-refractivity contribution in [3.8, 4) is 11.8 Å². The number of nitriles is 1. The van der Waals surface area contributed by atoms with Gasteiger partial charge < -0.3 is 14.9 Å².